The van der Waals surface area contributed by atoms with Gasteiger partial charge in [-0.2, -0.15) is 0 Å². The molecule has 0 radical (unpaired) electrons. The van der Waals surface area contributed by atoms with Crippen LogP contribution in [0.4, 0.5) is 0 Å². The summed E-state index contributed by atoms with van der Waals surface area (Å²) in [5, 5.41) is 0. The van der Waals surface area contributed by atoms with Gasteiger partial charge in [-0.3, -0.25) is 0 Å². The first-order chi connectivity index (χ1) is 8.10. The van der Waals surface area contributed by atoms with E-state index >= 15 is 0 Å². The molecule has 0 aromatic rings. The zero-order chi connectivity index (χ0) is 12.5. The first-order valence-corrected chi connectivity index (χ1v) is 6.34. The Morgan fingerprint density at radius 2 is 2.12 bits per heavy atom. The lowest BCUT2D eigenvalue weighted by atomic mass is 9.77. The number of carbonyl (C=O) groups is 1. The number of hydrogen-bond acceptors (Lipinski definition) is 4. The highest BCUT2D eigenvalue weighted by Crippen LogP contribution is 2.46. The zero-order valence-electron chi connectivity index (χ0n) is 10.7. The van der Waals surface area contributed by atoms with Crippen LogP contribution in [0.5, 0.6) is 0 Å². The molecule has 0 N–H and O–H groups in total. The molecule has 1 fully saturated rings. The average Bonchev–Trinajstić information content (AvgIpc) is 2.73. The highest BCUT2D eigenvalue weighted by atomic mass is 16.7. The third-order valence-electron chi connectivity index (χ3n) is 3.74. The van der Waals surface area contributed by atoms with Gasteiger partial charge >= 0.3 is 5.97 Å². The molecule has 0 saturated heterocycles. The Balaban J connectivity index is 2.09. The van der Waals surface area contributed by atoms with E-state index in [1.807, 2.05) is 0 Å². The summed E-state index contributed by atoms with van der Waals surface area (Å²) in [6.45, 7) is 6.34. The summed E-state index contributed by atoms with van der Waals surface area (Å²) in [4.78, 5) is 11.6. The van der Waals surface area contributed by atoms with Crippen molar-refractivity contribution in [2.24, 2.45) is 11.8 Å². The molecule has 4 nitrogen and oxygen atoms in total. The molecule has 1 heterocycles. The summed E-state index contributed by atoms with van der Waals surface area (Å²) in [6.07, 6.45) is 4.73. The topological polar surface area (TPSA) is 44.8 Å². The maximum Gasteiger partial charge on any atom is 0.377 e. The van der Waals surface area contributed by atoms with Crippen molar-refractivity contribution in [3.05, 3.63) is 12.0 Å². The van der Waals surface area contributed by atoms with Crippen molar-refractivity contribution in [2.45, 2.75) is 45.8 Å². The SMILES string of the molecule is CCOC(=O)C1=COC2(O1)C(C)CCCC2C. The quantitative estimate of drug-likeness (QED) is 0.696. The van der Waals surface area contributed by atoms with E-state index in [9.17, 15) is 4.79 Å². The maximum atomic E-state index is 11.6. The Bertz CT molecular complexity index is 324. The number of ether oxygens (including phenoxy) is 3. The second kappa shape index (κ2) is 4.59. The van der Waals surface area contributed by atoms with E-state index in [0.29, 0.717) is 6.61 Å². The minimum absolute atomic E-state index is 0.201. The summed E-state index contributed by atoms with van der Waals surface area (Å²) < 4.78 is 16.4. The van der Waals surface area contributed by atoms with Gasteiger partial charge in [-0.15, -0.1) is 0 Å². The van der Waals surface area contributed by atoms with Crippen LogP contribution in [0.3, 0.4) is 0 Å². The minimum Gasteiger partial charge on any atom is -0.460 e. The van der Waals surface area contributed by atoms with Crippen molar-refractivity contribution < 1.29 is 19.0 Å². The summed E-state index contributed by atoms with van der Waals surface area (Å²) in [6, 6.07) is 0. The molecule has 2 unspecified atom stereocenters. The van der Waals surface area contributed by atoms with E-state index in [1.165, 1.54) is 12.7 Å². The van der Waals surface area contributed by atoms with Crippen molar-refractivity contribution in [1.29, 1.82) is 0 Å². The predicted octanol–water partition coefficient (Wildman–Crippen LogP) is 2.59. The molecule has 4 heteroatoms. The van der Waals surface area contributed by atoms with Gasteiger partial charge in [0.05, 0.1) is 6.61 Å². The first kappa shape index (κ1) is 12.3. The van der Waals surface area contributed by atoms with Crippen LogP contribution in [0, 0.1) is 11.8 Å². The fraction of sp³-hybridized carbons (Fsp3) is 0.769. The van der Waals surface area contributed by atoms with Crippen LogP contribution in [-0.4, -0.2) is 18.4 Å². The Morgan fingerprint density at radius 1 is 1.47 bits per heavy atom. The van der Waals surface area contributed by atoms with Gasteiger partial charge in [-0.1, -0.05) is 20.3 Å². The van der Waals surface area contributed by atoms with E-state index in [2.05, 4.69) is 13.8 Å². The molecular formula is C13H20O4. The van der Waals surface area contributed by atoms with E-state index in [4.69, 9.17) is 14.2 Å². The standard InChI is InChI=1S/C13H20O4/c1-4-15-12(14)11-8-16-13(17-11)9(2)6-5-7-10(13)3/h8-10H,4-7H2,1-3H3. The molecule has 0 aromatic carbocycles. The molecule has 17 heavy (non-hydrogen) atoms. The largest absolute Gasteiger partial charge is 0.460 e. The summed E-state index contributed by atoms with van der Waals surface area (Å²) in [5.41, 5.74) is 0. The molecule has 2 rings (SSSR count). The van der Waals surface area contributed by atoms with E-state index < -0.39 is 11.8 Å². The Kier molecular flexibility index (Phi) is 3.31. The lowest BCUT2D eigenvalue weighted by Crippen LogP contribution is -2.47. The van der Waals surface area contributed by atoms with Crippen LogP contribution in [0.2, 0.25) is 0 Å². The van der Waals surface area contributed by atoms with Crippen LogP contribution in [0.25, 0.3) is 0 Å². The minimum atomic E-state index is -0.652. The van der Waals surface area contributed by atoms with Crippen LogP contribution in [-0.2, 0) is 19.0 Å². The third kappa shape index (κ3) is 2.01. The van der Waals surface area contributed by atoms with Gasteiger partial charge in [-0.05, 0) is 19.8 Å². The van der Waals surface area contributed by atoms with Gasteiger partial charge in [0.2, 0.25) is 5.76 Å². The monoisotopic (exact) mass is 240 g/mol. The lowest BCUT2D eigenvalue weighted by Gasteiger charge is -2.42. The Labute approximate surface area is 102 Å². The van der Waals surface area contributed by atoms with Crippen molar-refractivity contribution >= 4 is 5.97 Å². The van der Waals surface area contributed by atoms with Gasteiger partial charge < -0.3 is 14.2 Å². The average molecular weight is 240 g/mol. The van der Waals surface area contributed by atoms with Gasteiger partial charge in [0.15, 0.2) is 0 Å². The molecule has 1 saturated carbocycles. The molecular weight excluding hydrogens is 220 g/mol. The molecule has 0 bridgehead atoms. The normalized spacial score (nSPS) is 36.1. The van der Waals surface area contributed by atoms with Crippen molar-refractivity contribution in [1.82, 2.24) is 0 Å². The summed E-state index contributed by atoms with van der Waals surface area (Å²) in [7, 11) is 0. The molecule has 1 aliphatic carbocycles. The van der Waals surface area contributed by atoms with Crippen molar-refractivity contribution in [3.8, 4) is 0 Å². The fourth-order valence-electron chi connectivity index (χ4n) is 2.71. The third-order valence-corrected chi connectivity index (χ3v) is 3.74. The van der Waals surface area contributed by atoms with Crippen LogP contribution < -0.4 is 0 Å². The van der Waals surface area contributed by atoms with Gasteiger partial charge in [-0.25, -0.2) is 4.79 Å². The molecule has 1 aliphatic heterocycles. The molecule has 1 spiro atoms. The maximum absolute atomic E-state index is 11.6. The number of esters is 1. The van der Waals surface area contributed by atoms with Crippen LogP contribution in [0.15, 0.2) is 12.0 Å². The molecule has 2 atom stereocenters. The van der Waals surface area contributed by atoms with E-state index in [1.54, 1.807) is 6.92 Å². The lowest BCUT2D eigenvalue weighted by molar-refractivity contribution is -0.232. The van der Waals surface area contributed by atoms with Gasteiger partial charge in [0, 0.05) is 11.8 Å². The van der Waals surface area contributed by atoms with Gasteiger partial charge in [0.25, 0.3) is 5.79 Å². The van der Waals surface area contributed by atoms with Crippen LogP contribution >= 0.6 is 0 Å². The first-order valence-electron chi connectivity index (χ1n) is 6.34. The van der Waals surface area contributed by atoms with Crippen LogP contribution in [0.1, 0.15) is 40.0 Å². The molecule has 2 aliphatic rings. The second-order valence-electron chi connectivity index (χ2n) is 4.88. The summed E-state index contributed by atoms with van der Waals surface area (Å²) >= 11 is 0. The van der Waals surface area contributed by atoms with E-state index in [-0.39, 0.29) is 17.6 Å². The highest BCUT2D eigenvalue weighted by molar-refractivity contribution is 5.86. The number of carbonyl (C=O) groups excluding carboxylic acids is 1. The predicted molar refractivity (Wildman–Crippen MR) is 61.8 cm³/mol. The Hall–Kier alpha value is -1.19. The van der Waals surface area contributed by atoms with E-state index in [0.717, 1.165) is 12.8 Å². The van der Waals surface area contributed by atoms with Crippen molar-refractivity contribution in [3.63, 3.8) is 0 Å². The zero-order valence-corrected chi connectivity index (χ0v) is 10.7. The highest BCUT2D eigenvalue weighted by Gasteiger charge is 2.52. The van der Waals surface area contributed by atoms with Crippen molar-refractivity contribution in [2.75, 3.05) is 6.61 Å². The number of hydrogen-bond donors (Lipinski definition) is 0. The second-order valence-corrected chi connectivity index (χ2v) is 4.88. The summed E-state index contributed by atoms with van der Waals surface area (Å²) in [5.74, 6) is -0.314. The fourth-order valence-corrected chi connectivity index (χ4v) is 2.71. The molecule has 96 valence electrons. The smallest absolute Gasteiger partial charge is 0.377 e. The number of rotatable bonds is 2. The molecule has 0 amide bonds. The Morgan fingerprint density at radius 3 is 2.71 bits per heavy atom. The molecule has 0 aromatic heterocycles. The van der Waals surface area contributed by atoms with Gasteiger partial charge in [0.1, 0.15) is 6.26 Å².